The minimum absolute atomic E-state index is 0.334. The van der Waals surface area contributed by atoms with E-state index in [-0.39, 0.29) is 11.7 Å². The minimum Gasteiger partial charge on any atom is -0.496 e. The van der Waals surface area contributed by atoms with E-state index in [2.05, 4.69) is 22.9 Å². The van der Waals surface area contributed by atoms with Crippen molar-refractivity contribution in [3.63, 3.8) is 0 Å². The zero-order valence-corrected chi connectivity index (χ0v) is 12.0. The molecule has 4 nitrogen and oxygen atoms in total. The van der Waals surface area contributed by atoms with Gasteiger partial charge in [-0.15, -0.1) is 0 Å². The van der Waals surface area contributed by atoms with Gasteiger partial charge in [-0.2, -0.15) is 5.26 Å². The molecule has 5 heteroatoms. The number of hydrogen-bond acceptors (Lipinski definition) is 4. The van der Waals surface area contributed by atoms with E-state index in [4.69, 9.17) is 4.74 Å². The fourth-order valence-corrected chi connectivity index (χ4v) is 2.47. The standard InChI is InChI=1S/C15H20FN3O/c1-18-5-7-19(8-6-18)11-12(10-17)14-9-13(16)3-4-15(14)20-2/h3-4,9,12H,5-8,11H2,1-2H3. The van der Waals surface area contributed by atoms with Crippen LogP contribution in [0, 0.1) is 17.1 Å². The molecule has 1 aromatic rings. The molecule has 1 atom stereocenters. The van der Waals surface area contributed by atoms with E-state index in [0.29, 0.717) is 17.9 Å². The number of benzene rings is 1. The first-order valence-electron chi connectivity index (χ1n) is 6.78. The number of rotatable bonds is 4. The highest BCUT2D eigenvalue weighted by atomic mass is 19.1. The summed E-state index contributed by atoms with van der Waals surface area (Å²) in [7, 11) is 3.63. The Labute approximate surface area is 119 Å². The molecule has 0 aliphatic carbocycles. The average Bonchev–Trinajstić information content (AvgIpc) is 2.46. The van der Waals surface area contributed by atoms with E-state index in [1.54, 1.807) is 13.2 Å². The van der Waals surface area contributed by atoms with Crippen LogP contribution >= 0.6 is 0 Å². The summed E-state index contributed by atoms with van der Waals surface area (Å²) < 4.78 is 18.7. The highest BCUT2D eigenvalue weighted by Crippen LogP contribution is 2.28. The second kappa shape index (κ2) is 6.69. The highest BCUT2D eigenvalue weighted by Gasteiger charge is 2.22. The fourth-order valence-electron chi connectivity index (χ4n) is 2.47. The SMILES string of the molecule is COc1ccc(F)cc1C(C#N)CN1CCN(C)CC1. The molecule has 20 heavy (non-hydrogen) atoms. The van der Waals surface area contributed by atoms with Crippen LogP contribution in [-0.2, 0) is 0 Å². The number of nitriles is 1. The number of hydrogen-bond donors (Lipinski definition) is 0. The largest absolute Gasteiger partial charge is 0.496 e. The van der Waals surface area contributed by atoms with Gasteiger partial charge in [-0.3, -0.25) is 4.90 Å². The predicted molar refractivity (Wildman–Crippen MR) is 75.2 cm³/mol. The van der Waals surface area contributed by atoms with E-state index in [1.165, 1.54) is 12.1 Å². The van der Waals surface area contributed by atoms with Crippen molar-refractivity contribution in [1.29, 1.82) is 5.26 Å². The molecule has 0 radical (unpaired) electrons. The molecule has 0 spiro atoms. The van der Waals surface area contributed by atoms with Crippen LogP contribution in [0.1, 0.15) is 11.5 Å². The van der Waals surface area contributed by atoms with Crippen molar-refractivity contribution in [2.45, 2.75) is 5.92 Å². The Kier molecular flexibility index (Phi) is 4.94. The first-order valence-corrected chi connectivity index (χ1v) is 6.78. The van der Waals surface area contributed by atoms with E-state index >= 15 is 0 Å². The van der Waals surface area contributed by atoms with Crippen LogP contribution < -0.4 is 4.74 Å². The van der Waals surface area contributed by atoms with E-state index in [1.807, 2.05) is 0 Å². The maximum atomic E-state index is 13.4. The molecule has 1 saturated heterocycles. The van der Waals surface area contributed by atoms with Crippen molar-refractivity contribution in [2.75, 3.05) is 46.9 Å². The quantitative estimate of drug-likeness (QED) is 0.839. The Hall–Kier alpha value is -1.64. The first-order chi connectivity index (χ1) is 9.63. The summed E-state index contributed by atoms with van der Waals surface area (Å²) >= 11 is 0. The van der Waals surface area contributed by atoms with Crippen molar-refractivity contribution in [2.24, 2.45) is 0 Å². The summed E-state index contributed by atoms with van der Waals surface area (Å²) in [5.41, 5.74) is 0.633. The first kappa shape index (κ1) is 14.8. The van der Waals surface area contributed by atoms with Gasteiger partial charge in [-0.05, 0) is 25.2 Å². The van der Waals surface area contributed by atoms with Crippen LogP contribution in [0.15, 0.2) is 18.2 Å². The number of ether oxygens (including phenoxy) is 1. The molecule has 2 rings (SSSR count). The second-order valence-corrected chi connectivity index (χ2v) is 5.17. The summed E-state index contributed by atoms with van der Waals surface area (Å²) in [4.78, 5) is 4.51. The Balaban J connectivity index is 2.12. The van der Waals surface area contributed by atoms with Crippen LogP contribution in [0.5, 0.6) is 5.75 Å². The van der Waals surface area contributed by atoms with Gasteiger partial charge in [0.1, 0.15) is 11.6 Å². The van der Waals surface area contributed by atoms with Crippen LogP contribution in [0.4, 0.5) is 4.39 Å². The zero-order chi connectivity index (χ0) is 14.5. The molecule has 0 aromatic heterocycles. The molecule has 1 aliphatic rings. The van der Waals surface area contributed by atoms with E-state index in [0.717, 1.165) is 26.2 Å². The number of methoxy groups -OCH3 is 1. The number of likely N-dealkylation sites (N-methyl/N-ethyl adjacent to an activating group) is 1. The Morgan fingerprint density at radius 1 is 1.35 bits per heavy atom. The summed E-state index contributed by atoms with van der Waals surface area (Å²) in [5.74, 6) is -0.129. The van der Waals surface area contributed by atoms with Crippen LogP contribution in [-0.4, -0.2) is 56.7 Å². The molecule has 108 valence electrons. The third-order valence-corrected chi connectivity index (χ3v) is 3.76. The second-order valence-electron chi connectivity index (χ2n) is 5.17. The molecule has 1 fully saturated rings. The van der Waals surface area contributed by atoms with Gasteiger partial charge in [-0.1, -0.05) is 0 Å². The third kappa shape index (κ3) is 3.47. The normalized spacial score (nSPS) is 18.5. The lowest BCUT2D eigenvalue weighted by molar-refractivity contribution is 0.151. The molecular weight excluding hydrogens is 257 g/mol. The van der Waals surface area contributed by atoms with Gasteiger partial charge in [0, 0.05) is 38.3 Å². The van der Waals surface area contributed by atoms with Gasteiger partial charge in [0.2, 0.25) is 0 Å². The Morgan fingerprint density at radius 3 is 2.65 bits per heavy atom. The average molecular weight is 277 g/mol. The molecule has 1 heterocycles. The van der Waals surface area contributed by atoms with Gasteiger partial charge >= 0.3 is 0 Å². The lowest BCUT2D eigenvalue weighted by Crippen LogP contribution is -2.45. The Bertz CT molecular complexity index is 492. The van der Waals surface area contributed by atoms with Crippen molar-refractivity contribution in [3.05, 3.63) is 29.6 Å². The molecule has 0 bridgehead atoms. The molecule has 0 N–H and O–H groups in total. The van der Waals surface area contributed by atoms with Gasteiger partial charge in [0.05, 0.1) is 19.1 Å². The molecule has 0 amide bonds. The molecule has 1 unspecified atom stereocenters. The Morgan fingerprint density at radius 2 is 2.05 bits per heavy atom. The zero-order valence-electron chi connectivity index (χ0n) is 12.0. The topological polar surface area (TPSA) is 39.5 Å². The number of nitrogens with zero attached hydrogens (tertiary/aromatic N) is 3. The van der Waals surface area contributed by atoms with E-state index in [9.17, 15) is 9.65 Å². The summed E-state index contributed by atoms with van der Waals surface area (Å²) in [6, 6.07) is 6.62. The minimum atomic E-state index is -0.371. The summed E-state index contributed by atoms with van der Waals surface area (Å²) in [6.07, 6.45) is 0. The van der Waals surface area contributed by atoms with Crippen molar-refractivity contribution in [1.82, 2.24) is 9.80 Å². The van der Waals surface area contributed by atoms with E-state index < -0.39 is 0 Å². The molecular formula is C15H20FN3O. The predicted octanol–water partition coefficient (Wildman–Crippen LogP) is 1.69. The highest BCUT2D eigenvalue weighted by molar-refractivity contribution is 5.39. The lowest BCUT2D eigenvalue weighted by atomic mass is 9.98. The van der Waals surface area contributed by atoms with Crippen molar-refractivity contribution < 1.29 is 9.13 Å². The summed E-state index contributed by atoms with van der Waals surface area (Å²) in [6.45, 7) is 4.49. The third-order valence-electron chi connectivity index (χ3n) is 3.76. The van der Waals surface area contributed by atoms with Gasteiger partial charge in [-0.25, -0.2) is 4.39 Å². The summed E-state index contributed by atoms with van der Waals surface area (Å²) in [5, 5.41) is 9.41. The lowest BCUT2D eigenvalue weighted by Gasteiger charge is -2.33. The molecule has 1 aromatic carbocycles. The fraction of sp³-hybridized carbons (Fsp3) is 0.533. The van der Waals surface area contributed by atoms with Crippen molar-refractivity contribution >= 4 is 0 Å². The number of halogens is 1. The smallest absolute Gasteiger partial charge is 0.123 e. The van der Waals surface area contributed by atoms with Crippen molar-refractivity contribution in [3.8, 4) is 11.8 Å². The van der Waals surface area contributed by atoms with Gasteiger partial charge in [0.15, 0.2) is 0 Å². The monoisotopic (exact) mass is 277 g/mol. The van der Waals surface area contributed by atoms with Crippen LogP contribution in [0.2, 0.25) is 0 Å². The number of piperazine rings is 1. The maximum Gasteiger partial charge on any atom is 0.123 e. The maximum absolute atomic E-state index is 13.4. The molecule has 1 aliphatic heterocycles. The van der Waals surface area contributed by atoms with Gasteiger partial charge in [0.25, 0.3) is 0 Å². The van der Waals surface area contributed by atoms with Crippen LogP contribution in [0.25, 0.3) is 0 Å². The van der Waals surface area contributed by atoms with Crippen LogP contribution in [0.3, 0.4) is 0 Å². The molecule has 0 saturated carbocycles. The van der Waals surface area contributed by atoms with Gasteiger partial charge < -0.3 is 9.64 Å².